The van der Waals surface area contributed by atoms with Gasteiger partial charge in [-0.25, -0.2) is 0 Å². The van der Waals surface area contributed by atoms with Crippen LogP contribution in [0.1, 0.15) is 5.56 Å². The largest absolute Gasteiger partial charge is 0.497 e. The third-order valence-corrected chi connectivity index (χ3v) is 5.74. The number of amides is 1. The molecule has 9 heteroatoms. The molecule has 0 aliphatic heterocycles. The summed E-state index contributed by atoms with van der Waals surface area (Å²) in [7, 11) is 1.62. The number of nitrogens with zero attached hydrogens (tertiary/aromatic N) is 2. The van der Waals surface area contributed by atoms with Crippen molar-refractivity contribution in [1.82, 2.24) is 10.2 Å². The van der Waals surface area contributed by atoms with Crippen molar-refractivity contribution in [3.63, 3.8) is 0 Å². The molecule has 140 valence electrons. The number of thioether (sulfide) groups is 1. The standard InChI is InChI=1S/C18H17ClN4O2S2/c1-11-6-7-15(14(19)8-11)21-16(24)10-26-18-23-22-17(27-18)20-12-4-3-5-13(9-12)25-2/h3-9H,10H2,1-2H3,(H,20,22)(H,21,24). The number of benzene rings is 2. The molecule has 0 bridgehead atoms. The second-order valence-corrected chi connectivity index (χ2v) is 8.16. The number of halogens is 1. The summed E-state index contributed by atoms with van der Waals surface area (Å²) in [4.78, 5) is 12.1. The lowest BCUT2D eigenvalue weighted by Crippen LogP contribution is -2.14. The van der Waals surface area contributed by atoms with Gasteiger partial charge in [-0.1, -0.05) is 46.8 Å². The van der Waals surface area contributed by atoms with Gasteiger partial charge in [0.05, 0.1) is 23.6 Å². The van der Waals surface area contributed by atoms with Crippen molar-refractivity contribution in [3.05, 3.63) is 53.1 Å². The van der Waals surface area contributed by atoms with Crippen molar-refractivity contribution in [1.29, 1.82) is 0 Å². The quantitative estimate of drug-likeness (QED) is 0.525. The van der Waals surface area contributed by atoms with Crippen LogP contribution in [-0.2, 0) is 4.79 Å². The fraction of sp³-hybridized carbons (Fsp3) is 0.167. The number of rotatable bonds is 7. The van der Waals surface area contributed by atoms with Crippen LogP contribution in [0.2, 0.25) is 5.02 Å². The Bertz CT molecular complexity index is 949. The lowest BCUT2D eigenvalue weighted by atomic mass is 10.2. The SMILES string of the molecule is COc1cccc(Nc2nnc(SCC(=O)Nc3ccc(C)cc3Cl)s2)c1. The maximum absolute atomic E-state index is 12.1. The zero-order chi connectivity index (χ0) is 19.2. The minimum atomic E-state index is -0.150. The van der Waals surface area contributed by atoms with Crippen LogP contribution in [0.15, 0.2) is 46.8 Å². The summed E-state index contributed by atoms with van der Waals surface area (Å²) in [6.45, 7) is 1.94. The topological polar surface area (TPSA) is 76.1 Å². The molecule has 0 aliphatic rings. The molecule has 1 aromatic heterocycles. The lowest BCUT2D eigenvalue weighted by Gasteiger charge is -2.07. The van der Waals surface area contributed by atoms with Crippen LogP contribution in [0.4, 0.5) is 16.5 Å². The first kappa shape index (κ1) is 19.5. The van der Waals surface area contributed by atoms with Crippen molar-refractivity contribution in [2.45, 2.75) is 11.3 Å². The minimum absolute atomic E-state index is 0.150. The Balaban J connectivity index is 1.53. The molecule has 0 aliphatic carbocycles. The average Bonchev–Trinajstić information content (AvgIpc) is 3.10. The number of carbonyl (C=O) groups excluding carboxylic acids is 1. The molecule has 27 heavy (non-hydrogen) atoms. The van der Waals surface area contributed by atoms with Crippen LogP contribution < -0.4 is 15.4 Å². The number of hydrogen-bond donors (Lipinski definition) is 2. The van der Waals surface area contributed by atoms with E-state index >= 15 is 0 Å². The Hall–Kier alpha value is -2.29. The summed E-state index contributed by atoms with van der Waals surface area (Å²) in [6.07, 6.45) is 0. The first-order valence-corrected chi connectivity index (χ1v) is 10.1. The molecule has 3 aromatic rings. The number of methoxy groups -OCH3 is 1. The molecule has 1 amide bonds. The number of carbonyl (C=O) groups is 1. The summed E-state index contributed by atoms with van der Waals surface area (Å²) in [6, 6.07) is 13.0. The van der Waals surface area contributed by atoms with E-state index in [2.05, 4.69) is 20.8 Å². The van der Waals surface area contributed by atoms with Gasteiger partial charge in [0.1, 0.15) is 5.75 Å². The van der Waals surface area contributed by atoms with Crippen molar-refractivity contribution in [2.24, 2.45) is 0 Å². The molecule has 6 nitrogen and oxygen atoms in total. The fourth-order valence-corrected chi connectivity index (χ4v) is 4.03. The predicted molar refractivity (Wildman–Crippen MR) is 112 cm³/mol. The fourth-order valence-electron chi connectivity index (χ4n) is 2.18. The summed E-state index contributed by atoms with van der Waals surface area (Å²) >= 11 is 8.83. The minimum Gasteiger partial charge on any atom is -0.497 e. The van der Waals surface area contributed by atoms with Gasteiger partial charge in [-0.3, -0.25) is 4.79 Å². The third kappa shape index (κ3) is 5.59. The normalized spacial score (nSPS) is 10.5. The smallest absolute Gasteiger partial charge is 0.234 e. The van der Waals surface area contributed by atoms with Crippen LogP contribution in [0, 0.1) is 6.92 Å². The molecule has 0 unspecified atom stereocenters. The van der Waals surface area contributed by atoms with E-state index in [1.165, 1.54) is 23.1 Å². The Morgan fingerprint density at radius 3 is 2.89 bits per heavy atom. The molecule has 0 atom stereocenters. The van der Waals surface area contributed by atoms with E-state index in [9.17, 15) is 4.79 Å². The van der Waals surface area contributed by atoms with E-state index in [-0.39, 0.29) is 11.7 Å². The van der Waals surface area contributed by atoms with E-state index in [1.54, 1.807) is 13.2 Å². The number of anilines is 3. The van der Waals surface area contributed by atoms with Crippen molar-refractivity contribution >= 4 is 57.1 Å². The molecule has 1 heterocycles. The molecule has 2 N–H and O–H groups in total. The number of hydrogen-bond acceptors (Lipinski definition) is 7. The van der Waals surface area contributed by atoms with Crippen LogP contribution in [0.5, 0.6) is 5.75 Å². The van der Waals surface area contributed by atoms with Crippen LogP contribution in [0.3, 0.4) is 0 Å². The van der Waals surface area contributed by atoms with Gasteiger partial charge in [0, 0.05) is 11.8 Å². The van der Waals surface area contributed by atoms with Gasteiger partial charge in [0.15, 0.2) is 4.34 Å². The Morgan fingerprint density at radius 1 is 1.26 bits per heavy atom. The summed E-state index contributed by atoms with van der Waals surface area (Å²) in [5, 5.41) is 15.3. The van der Waals surface area contributed by atoms with Crippen molar-refractivity contribution < 1.29 is 9.53 Å². The number of aryl methyl sites for hydroxylation is 1. The maximum atomic E-state index is 12.1. The van der Waals surface area contributed by atoms with Gasteiger partial charge in [-0.2, -0.15) is 0 Å². The van der Waals surface area contributed by atoms with Crippen LogP contribution in [0.25, 0.3) is 0 Å². The highest BCUT2D eigenvalue weighted by Gasteiger charge is 2.10. The molecule has 0 saturated heterocycles. The van der Waals surface area contributed by atoms with Gasteiger partial charge in [0.2, 0.25) is 11.0 Å². The van der Waals surface area contributed by atoms with Gasteiger partial charge < -0.3 is 15.4 Å². The van der Waals surface area contributed by atoms with Gasteiger partial charge in [0.25, 0.3) is 0 Å². The highest BCUT2D eigenvalue weighted by molar-refractivity contribution is 8.01. The molecule has 0 saturated carbocycles. The van der Waals surface area contributed by atoms with E-state index in [1.807, 2.05) is 43.3 Å². The molecular weight excluding hydrogens is 404 g/mol. The predicted octanol–water partition coefficient (Wildman–Crippen LogP) is 4.98. The number of nitrogens with one attached hydrogen (secondary N) is 2. The molecule has 0 spiro atoms. The zero-order valence-corrected chi connectivity index (χ0v) is 17.0. The maximum Gasteiger partial charge on any atom is 0.234 e. The van der Waals surface area contributed by atoms with E-state index < -0.39 is 0 Å². The Morgan fingerprint density at radius 2 is 2.11 bits per heavy atom. The van der Waals surface area contributed by atoms with E-state index in [4.69, 9.17) is 16.3 Å². The van der Waals surface area contributed by atoms with Crippen molar-refractivity contribution in [3.8, 4) is 5.75 Å². The van der Waals surface area contributed by atoms with Gasteiger partial charge >= 0.3 is 0 Å². The van der Waals surface area contributed by atoms with E-state index in [0.717, 1.165) is 17.0 Å². The molecule has 0 fully saturated rings. The van der Waals surface area contributed by atoms with E-state index in [0.29, 0.717) is 20.2 Å². The Labute approximate surface area is 170 Å². The second-order valence-electron chi connectivity index (χ2n) is 5.55. The summed E-state index contributed by atoms with van der Waals surface area (Å²) in [5.74, 6) is 0.826. The first-order chi connectivity index (χ1) is 13.0. The lowest BCUT2D eigenvalue weighted by molar-refractivity contribution is -0.113. The summed E-state index contributed by atoms with van der Waals surface area (Å²) < 4.78 is 5.90. The van der Waals surface area contributed by atoms with Crippen LogP contribution >= 0.6 is 34.7 Å². The van der Waals surface area contributed by atoms with Crippen LogP contribution in [-0.4, -0.2) is 29.0 Å². The highest BCUT2D eigenvalue weighted by Crippen LogP contribution is 2.29. The van der Waals surface area contributed by atoms with Gasteiger partial charge in [-0.15, -0.1) is 10.2 Å². The molecule has 2 aromatic carbocycles. The Kier molecular flexibility index (Phi) is 6.54. The van der Waals surface area contributed by atoms with Gasteiger partial charge in [-0.05, 0) is 36.8 Å². The molecule has 3 rings (SSSR count). The van der Waals surface area contributed by atoms with Crippen molar-refractivity contribution in [2.75, 3.05) is 23.5 Å². The monoisotopic (exact) mass is 420 g/mol. The first-order valence-electron chi connectivity index (χ1n) is 7.97. The second kappa shape index (κ2) is 9.07. The molecule has 0 radical (unpaired) electrons. The summed E-state index contributed by atoms with van der Waals surface area (Å²) in [5.41, 5.74) is 2.50. The number of ether oxygens (including phenoxy) is 1. The highest BCUT2D eigenvalue weighted by atomic mass is 35.5. The zero-order valence-electron chi connectivity index (χ0n) is 14.7. The third-order valence-electron chi connectivity index (χ3n) is 3.45. The molecular formula is C18H17ClN4O2S2. The number of aromatic nitrogens is 2. The average molecular weight is 421 g/mol.